The summed E-state index contributed by atoms with van der Waals surface area (Å²) < 4.78 is 0. The summed E-state index contributed by atoms with van der Waals surface area (Å²) in [6, 6.07) is 5.13. The summed E-state index contributed by atoms with van der Waals surface area (Å²) in [7, 11) is 0. The first-order valence-electron chi connectivity index (χ1n) is 4.18. The molecular formula is C9H7ClN4O. The van der Waals surface area contributed by atoms with Crippen LogP contribution in [0.1, 0.15) is 0 Å². The molecule has 0 radical (unpaired) electrons. The number of carbonyl (C=O) groups excluding carboxylic acids is 1. The Kier molecular flexibility index (Phi) is 2.64. The summed E-state index contributed by atoms with van der Waals surface area (Å²) >= 11 is 5.94. The van der Waals surface area contributed by atoms with Gasteiger partial charge in [0.1, 0.15) is 5.69 Å². The maximum atomic E-state index is 10.2. The Hall–Kier alpha value is -1.88. The normalized spacial score (nSPS) is 9.93. The van der Waals surface area contributed by atoms with Crippen LogP contribution < -0.4 is 5.32 Å². The first kappa shape index (κ1) is 9.67. The number of nitrogens with zero attached hydrogens (tertiary/aromatic N) is 2. The predicted molar refractivity (Wildman–Crippen MR) is 56.5 cm³/mol. The number of anilines is 1. The van der Waals surface area contributed by atoms with Crippen molar-refractivity contribution < 1.29 is 4.79 Å². The van der Waals surface area contributed by atoms with E-state index in [0.717, 1.165) is 0 Å². The van der Waals surface area contributed by atoms with E-state index < -0.39 is 0 Å². The van der Waals surface area contributed by atoms with Gasteiger partial charge in [-0.1, -0.05) is 11.6 Å². The smallest absolute Gasteiger partial charge is 0.212 e. The highest BCUT2D eigenvalue weighted by molar-refractivity contribution is 6.32. The molecule has 2 aromatic heterocycles. The highest BCUT2D eigenvalue weighted by Crippen LogP contribution is 2.24. The first-order valence-corrected chi connectivity index (χ1v) is 4.55. The molecule has 0 saturated heterocycles. The van der Waals surface area contributed by atoms with Crippen LogP contribution in [-0.4, -0.2) is 21.6 Å². The molecule has 76 valence electrons. The molecule has 1 amide bonds. The monoisotopic (exact) mass is 222 g/mol. The van der Waals surface area contributed by atoms with E-state index >= 15 is 0 Å². The number of hydrogen-bond acceptors (Lipinski definition) is 3. The number of rotatable bonds is 3. The van der Waals surface area contributed by atoms with Crippen LogP contribution >= 0.6 is 11.6 Å². The fraction of sp³-hybridized carbons (Fsp3) is 0. The zero-order valence-corrected chi connectivity index (χ0v) is 8.32. The van der Waals surface area contributed by atoms with Gasteiger partial charge in [-0.3, -0.25) is 14.9 Å². The molecule has 15 heavy (non-hydrogen) atoms. The van der Waals surface area contributed by atoms with Crippen LogP contribution in [0, 0.1) is 0 Å². The molecule has 0 atom stereocenters. The number of nitrogens with one attached hydrogen (secondary N) is 2. The third-order valence-electron chi connectivity index (χ3n) is 1.80. The molecule has 0 aromatic carbocycles. The van der Waals surface area contributed by atoms with E-state index in [1.54, 1.807) is 24.4 Å². The van der Waals surface area contributed by atoms with Gasteiger partial charge in [0.05, 0.1) is 10.7 Å². The molecule has 2 rings (SSSR count). The van der Waals surface area contributed by atoms with Crippen molar-refractivity contribution >= 4 is 23.8 Å². The van der Waals surface area contributed by atoms with Gasteiger partial charge < -0.3 is 5.32 Å². The van der Waals surface area contributed by atoms with Gasteiger partial charge in [0.15, 0.2) is 5.82 Å². The van der Waals surface area contributed by atoms with Crippen LogP contribution in [0.5, 0.6) is 0 Å². The molecule has 0 bridgehead atoms. The molecule has 0 fully saturated rings. The van der Waals surface area contributed by atoms with E-state index in [4.69, 9.17) is 11.6 Å². The Morgan fingerprint density at radius 1 is 1.53 bits per heavy atom. The topological polar surface area (TPSA) is 70.7 Å². The molecule has 6 heteroatoms. The number of carbonyl (C=O) groups is 1. The molecular weight excluding hydrogens is 216 g/mol. The third kappa shape index (κ3) is 1.97. The van der Waals surface area contributed by atoms with E-state index in [0.29, 0.717) is 28.6 Å². The lowest BCUT2D eigenvalue weighted by Crippen LogP contribution is -1.92. The summed E-state index contributed by atoms with van der Waals surface area (Å²) in [5.74, 6) is 0.432. The van der Waals surface area contributed by atoms with E-state index in [-0.39, 0.29) is 0 Å². The minimum atomic E-state index is 0.432. The van der Waals surface area contributed by atoms with Crippen molar-refractivity contribution in [2.45, 2.75) is 0 Å². The molecule has 2 aromatic rings. The fourth-order valence-corrected chi connectivity index (χ4v) is 1.38. The number of amides is 1. The minimum Gasteiger partial charge on any atom is -0.312 e. The Morgan fingerprint density at radius 3 is 3.13 bits per heavy atom. The summed E-state index contributed by atoms with van der Waals surface area (Å²) in [5.41, 5.74) is 1.26. The van der Waals surface area contributed by atoms with Gasteiger partial charge in [0.2, 0.25) is 6.41 Å². The second-order valence-corrected chi connectivity index (χ2v) is 3.17. The number of H-pyrrole nitrogens is 1. The standard InChI is InChI=1S/C9H7ClN4O/c10-6-2-1-3-11-9(6)7-4-8(12-5-15)14-13-7/h1-5H,(H2,12,13,14,15). The lowest BCUT2D eigenvalue weighted by molar-refractivity contribution is -0.105. The Labute approximate surface area is 90.5 Å². The van der Waals surface area contributed by atoms with Crippen LogP contribution in [0.25, 0.3) is 11.4 Å². The molecule has 0 aliphatic carbocycles. The lowest BCUT2D eigenvalue weighted by atomic mass is 10.3. The van der Waals surface area contributed by atoms with Crippen LogP contribution in [0.15, 0.2) is 24.4 Å². The highest BCUT2D eigenvalue weighted by Gasteiger charge is 2.07. The second-order valence-electron chi connectivity index (χ2n) is 2.76. The van der Waals surface area contributed by atoms with Gasteiger partial charge in [-0.25, -0.2) is 0 Å². The fourth-order valence-electron chi connectivity index (χ4n) is 1.16. The van der Waals surface area contributed by atoms with Crippen molar-refractivity contribution in [1.82, 2.24) is 15.2 Å². The number of halogens is 1. The molecule has 0 saturated carbocycles. The average Bonchev–Trinajstić information content (AvgIpc) is 2.68. The maximum Gasteiger partial charge on any atom is 0.212 e. The molecule has 0 spiro atoms. The quantitative estimate of drug-likeness (QED) is 0.777. The minimum absolute atomic E-state index is 0.432. The summed E-state index contributed by atoms with van der Waals surface area (Å²) in [6.45, 7) is 0. The highest BCUT2D eigenvalue weighted by atomic mass is 35.5. The SMILES string of the molecule is O=CNc1cc(-c2ncccc2Cl)[nH]n1. The van der Waals surface area contributed by atoms with Gasteiger partial charge in [-0.2, -0.15) is 5.10 Å². The van der Waals surface area contributed by atoms with Gasteiger partial charge >= 0.3 is 0 Å². The van der Waals surface area contributed by atoms with Gasteiger partial charge in [0, 0.05) is 12.3 Å². The van der Waals surface area contributed by atoms with Crippen molar-refractivity contribution in [3.8, 4) is 11.4 Å². The molecule has 0 aliphatic rings. The van der Waals surface area contributed by atoms with Crippen molar-refractivity contribution in [3.05, 3.63) is 29.4 Å². The third-order valence-corrected chi connectivity index (χ3v) is 2.10. The van der Waals surface area contributed by atoms with Crippen molar-refractivity contribution in [2.24, 2.45) is 0 Å². The Balaban J connectivity index is 2.37. The van der Waals surface area contributed by atoms with E-state index in [1.165, 1.54) is 0 Å². The Bertz CT molecular complexity index is 482. The predicted octanol–water partition coefficient (Wildman–Crippen LogP) is 1.69. The van der Waals surface area contributed by atoms with Gasteiger partial charge in [-0.05, 0) is 12.1 Å². The molecule has 2 heterocycles. The van der Waals surface area contributed by atoms with Crippen LogP contribution in [0.2, 0.25) is 5.02 Å². The zero-order chi connectivity index (χ0) is 10.7. The largest absolute Gasteiger partial charge is 0.312 e. The van der Waals surface area contributed by atoms with Crippen LogP contribution in [0.3, 0.4) is 0 Å². The summed E-state index contributed by atoms with van der Waals surface area (Å²) in [6.07, 6.45) is 2.19. The molecule has 2 N–H and O–H groups in total. The zero-order valence-electron chi connectivity index (χ0n) is 7.57. The van der Waals surface area contributed by atoms with Crippen molar-refractivity contribution in [2.75, 3.05) is 5.32 Å². The molecule has 0 aliphatic heterocycles. The Morgan fingerprint density at radius 2 is 2.40 bits per heavy atom. The van der Waals surface area contributed by atoms with E-state index in [2.05, 4.69) is 20.5 Å². The second kappa shape index (κ2) is 4.10. The van der Waals surface area contributed by atoms with Crippen LogP contribution in [-0.2, 0) is 4.79 Å². The maximum absolute atomic E-state index is 10.2. The summed E-state index contributed by atoms with van der Waals surface area (Å²) in [5, 5.41) is 9.54. The molecule has 5 nitrogen and oxygen atoms in total. The molecule has 0 unspecified atom stereocenters. The number of pyridine rings is 1. The van der Waals surface area contributed by atoms with Gasteiger partial charge in [0.25, 0.3) is 0 Å². The van der Waals surface area contributed by atoms with Crippen molar-refractivity contribution in [1.29, 1.82) is 0 Å². The first-order chi connectivity index (χ1) is 7.31. The van der Waals surface area contributed by atoms with Crippen molar-refractivity contribution in [3.63, 3.8) is 0 Å². The van der Waals surface area contributed by atoms with Crippen LogP contribution in [0.4, 0.5) is 5.82 Å². The lowest BCUT2D eigenvalue weighted by Gasteiger charge is -1.97. The van der Waals surface area contributed by atoms with Gasteiger partial charge in [-0.15, -0.1) is 0 Å². The van der Waals surface area contributed by atoms with E-state index in [9.17, 15) is 4.79 Å². The average molecular weight is 223 g/mol. The number of hydrogen-bond donors (Lipinski definition) is 2. The number of aromatic amines is 1. The van der Waals surface area contributed by atoms with E-state index in [1.807, 2.05) is 0 Å². The summed E-state index contributed by atoms with van der Waals surface area (Å²) in [4.78, 5) is 14.3. The number of aromatic nitrogens is 3.